The molecule has 0 fully saturated rings. The van der Waals surface area contributed by atoms with E-state index in [1.807, 2.05) is 13.8 Å². The highest BCUT2D eigenvalue weighted by molar-refractivity contribution is 7.16. The van der Waals surface area contributed by atoms with E-state index in [9.17, 15) is 9.59 Å². The highest BCUT2D eigenvalue weighted by atomic mass is 32.1. The molecule has 0 aliphatic heterocycles. The van der Waals surface area contributed by atoms with Crippen molar-refractivity contribution in [3.05, 3.63) is 46.6 Å². The fourth-order valence-electron chi connectivity index (χ4n) is 1.73. The van der Waals surface area contributed by atoms with Gasteiger partial charge in [-0.15, -0.1) is 11.3 Å². The maximum Gasteiger partial charge on any atom is 0.340 e. The first kappa shape index (κ1) is 15.2. The summed E-state index contributed by atoms with van der Waals surface area (Å²) in [5.41, 5.74) is 0.869. The first-order chi connectivity index (χ1) is 10.0. The molecule has 0 bridgehead atoms. The van der Waals surface area contributed by atoms with Gasteiger partial charge in [0.05, 0.1) is 12.7 Å². The lowest BCUT2D eigenvalue weighted by Gasteiger charge is -2.05. The lowest BCUT2D eigenvalue weighted by Crippen LogP contribution is -2.13. The van der Waals surface area contributed by atoms with Crippen molar-refractivity contribution in [3.63, 3.8) is 0 Å². The van der Waals surface area contributed by atoms with Crippen molar-refractivity contribution < 1.29 is 14.3 Å². The van der Waals surface area contributed by atoms with E-state index in [0.717, 1.165) is 4.88 Å². The molecule has 0 saturated heterocycles. The number of carbonyl (C=O) groups excluding carboxylic acids is 2. The first-order valence-corrected chi connectivity index (χ1v) is 7.28. The first-order valence-electron chi connectivity index (χ1n) is 6.46. The van der Waals surface area contributed by atoms with Crippen LogP contribution in [0.5, 0.6) is 0 Å². The van der Waals surface area contributed by atoms with Crippen LogP contribution in [-0.2, 0) is 4.74 Å². The van der Waals surface area contributed by atoms with Gasteiger partial charge in [0.25, 0.3) is 5.91 Å². The Labute approximate surface area is 127 Å². The molecule has 0 radical (unpaired) electrons. The van der Waals surface area contributed by atoms with Crippen LogP contribution in [0.15, 0.2) is 30.6 Å². The Bertz CT molecular complexity index is 650. The van der Waals surface area contributed by atoms with Gasteiger partial charge < -0.3 is 10.1 Å². The molecule has 110 valence electrons. The third kappa shape index (κ3) is 3.46. The molecule has 5 nitrogen and oxygen atoms in total. The summed E-state index contributed by atoms with van der Waals surface area (Å²) in [6.07, 6.45) is 3.09. The molecule has 1 N–H and O–H groups in total. The zero-order chi connectivity index (χ0) is 15.4. The Morgan fingerprint density at radius 3 is 2.52 bits per heavy atom. The van der Waals surface area contributed by atoms with E-state index in [4.69, 9.17) is 4.74 Å². The van der Waals surface area contributed by atoms with Gasteiger partial charge in [-0.3, -0.25) is 9.78 Å². The quantitative estimate of drug-likeness (QED) is 0.880. The zero-order valence-electron chi connectivity index (χ0n) is 12.0. The highest BCUT2D eigenvalue weighted by Crippen LogP contribution is 2.33. The van der Waals surface area contributed by atoms with Crippen molar-refractivity contribution in [2.24, 2.45) is 0 Å². The molecule has 6 heteroatoms. The van der Waals surface area contributed by atoms with Gasteiger partial charge in [0, 0.05) is 22.8 Å². The highest BCUT2D eigenvalue weighted by Gasteiger charge is 2.20. The van der Waals surface area contributed by atoms with Gasteiger partial charge in [-0.05, 0) is 24.1 Å². The molecule has 0 aliphatic carbocycles. The van der Waals surface area contributed by atoms with E-state index >= 15 is 0 Å². The van der Waals surface area contributed by atoms with E-state index < -0.39 is 5.97 Å². The van der Waals surface area contributed by atoms with E-state index in [-0.39, 0.29) is 11.8 Å². The molecule has 21 heavy (non-hydrogen) atoms. The molecule has 0 spiro atoms. The molecule has 0 unspecified atom stereocenters. The minimum absolute atomic E-state index is 0.269. The molecule has 1 amide bonds. The fourth-order valence-corrected chi connectivity index (χ4v) is 2.77. The molecular formula is C15H16N2O3S. The number of thiophene rings is 1. The molecular weight excluding hydrogens is 288 g/mol. The van der Waals surface area contributed by atoms with Gasteiger partial charge in [-0.2, -0.15) is 0 Å². The van der Waals surface area contributed by atoms with Gasteiger partial charge >= 0.3 is 5.97 Å². The molecule has 2 heterocycles. The van der Waals surface area contributed by atoms with E-state index in [0.29, 0.717) is 16.1 Å². The average Bonchev–Trinajstić information content (AvgIpc) is 2.91. The number of hydrogen-bond donors (Lipinski definition) is 1. The number of rotatable bonds is 4. The number of esters is 1. The second kappa shape index (κ2) is 6.49. The second-order valence-electron chi connectivity index (χ2n) is 4.73. The van der Waals surface area contributed by atoms with Crippen molar-refractivity contribution in [2.75, 3.05) is 12.4 Å². The van der Waals surface area contributed by atoms with Crippen LogP contribution in [0, 0.1) is 0 Å². The van der Waals surface area contributed by atoms with Crippen LogP contribution in [-0.4, -0.2) is 24.0 Å². The smallest absolute Gasteiger partial charge is 0.340 e. The Morgan fingerprint density at radius 2 is 1.95 bits per heavy atom. The molecule has 2 aromatic rings. The van der Waals surface area contributed by atoms with Gasteiger partial charge in [-0.25, -0.2) is 4.79 Å². The number of ether oxygens (including phenoxy) is 1. The maximum absolute atomic E-state index is 12.2. The zero-order valence-corrected chi connectivity index (χ0v) is 12.9. The predicted molar refractivity (Wildman–Crippen MR) is 81.9 cm³/mol. The fraction of sp³-hybridized carbons (Fsp3) is 0.267. The van der Waals surface area contributed by atoms with Crippen molar-refractivity contribution in [2.45, 2.75) is 19.8 Å². The SMILES string of the molecule is COC(=O)c1cc(C(C)C)sc1NC(=O)c1ccncc1. The van der Waals surface area contributed by atoms with Crippen molar-refractivity contribution in [1.29, 1.82) is 0 Å². The topological polar surface area (TPSA) is 68.3 Å². The molecule has 2 rings (SSSR count). The third-order valence-electron chi connectivity index (χ3n) is 2.90. The van der Waals surface area contributed by atoms with Crippen LogP contribution in [0.4, 0.5) is 5.00 Å². The number of nitrogens with one attached hydrogen (secondary N) is 1. The van der Waals surface area contributed by atoms with Crippen LogP contribution < -0.4 is 5.32 Å². The average molecular weight is 304 g/mol. The monoisotopic (exact) mass is 304 g/mol. The minimum atomic E-state index is -0.455. The maximum atomic E-state index is 12.2. The molecule has 2 aromatic heterocycles. The molecule has 0 aromatic carbocycles. The van der Waals surface area contributed by atoms with Gasteiger partial charge in [0.15, 0.2) is 0 Å². The summed E-state index contributed by atoms with van der Waals surface area (Å²) < 4.78 is 4.76. The van der Waals surface area contributed by atoms with Crippen LogP contribution in [0.3, 0.4) is 0 Å². The second-order valence-corrected chi connectivity index (χ2v) is 5.81. The summed E-state index contributed by atoms with van der Waals surface area (Å²) in [5, 5.41) is 3.28. The van der Waals surface area contributed by atoms with Crippen molar-refractivity contribution in [3.8, 4) is 0 Å². The van der Waals surface area contributed by atoms with Crippen LogP contribution in [0.25, 0.3) is 0 Å². The van der Waals surface area contributed by atoms with Crippen molar-refractivity contribution in [1.82, 2.24) is 4.98 Å². The summed E-state index contributed by atoms with van der Waals surface area (Å²) in [4.78, 5) is 28.9. The normalized spacial score (nSPS) is 10.5. The minimum Gasteiger partial charge on any atom is -0.465 e. The number of hydrogen-bond acceptors (Lipinski definition) is 5. The number of amides is 1. The Morgan fingerprint density at radius 1 is 1.29 bits per heavy atom. The number of anilines is 1. The van der Waals surface area contributed by atoms with E-state index in [1.165, 1.54) is 18.4 Å². The van der Waals surface area contributed by atoms with Crippen LogP contribution in [0.1, 0.15) is 45.4 Å². The standard InChI is InChI=1S/C15H16N2O3S/c1-9(2)12-8-11(15(19)20-3)14(21-12)17-13(18)10-4-6-16-7-5-10/h4-9H,1-3H3,(H,17,18). The summed E-state index contributed by atoms with van der Waals surface area (Å²) in [7, 11) is 1.32. The molecule has 0 aliphatic rings. The number of methoxy groups -OCH3 is 1. The third-order valence-corrected chi connectivity index (χ3v) is 4.25. The Kier molecular flexibility index (Phi) is 4.70. The lowest BCUT2D eigenvalue weighted by atomic mass is 10.1. The summed E-state index contributed by atoms with van der Waals surface area (Å²) in [6.45, 7) is 4.06. The van der Waals surface area contributed by atoms with E-state index in [2.05, 4.69) is 10.3 Å². The van der Waals surface area contributed by atoms with Crippen molar-refractivity contribution >= 4 is 28.2 Å². The van der Waals surface area contributed by atoms with Gasteiger partial charge in [0.1, 0.15) is 5.00 Å². The number of carbonyl (C=O) groups is 2. The summed E-state index contributed by atoms with van der Waals surface area (Å²) in [5.74, 6) is -0.465. The number of aromatic nitrogens is 1. The van der Waals surface area contributed by atoms with E-state index in [1.54, 1.807) is 30.6 Å². The van der Waals surface area contributed by atoms with Gasteiger partial charge in [-0.1, -0.05) is 13.8 Å². The lowest BCUT2D eigenvalue weighted by molar-refractivity contribution is 0.0602. The Hall–Kier alpha value is -2.21. The molecule has 0 saturated carbocycles. The van der Waals surface area contributed by atoms with Crippen LogP contribution in [0.2, 0.25) is 0 Å². The molecule has 0 atom stereocenters. The van der Waals surface area contributed by atoms with Gasteiger partial charge in [0.2, 0.25) is 0 Å². The number of nitrogens with zero attached hydrogens (tertiary/aromatic N) is 1. The summed E-state index contributed by atoms with van der Waals surface area (Å²) >= 11 is 1.39. The largest absolute Gasteiger partial charge is 0.465 e. The Balaban J connectivity index is 2.30. The van der Waals surface area contributed by atoms with Crippen LogP contribution >= 0.6 is 11.3 Å². The predicted octanol–water partition coefficient (Wildman–Crippen LogP) is 3.31. The number of pyridine rings is 1. The summed E-state index contributed by atoms with van der Waals surface area (Å²) in [6, 6.07) is 5.00.